The number of nitrogens with one attached hydrogen (secondary N) is 2. The van der Waals surface area contributed by atoms with E-state index in [0.29, 0.717) is 18.0 Å². The molecule has 0 heterocycles. The van der Waals surface area contributed by atoms with Crippen LogP contribution in [0.15, 0.2) is 36.4 Å². The highest BCUT2D eigenvalue weighted by Gasteiger charge is 2.22. The fraction of sp³-hybridized carbons (Fsp3) is 0.381. The summed E-state index contributed by atoms with van der Waals surface area (Å²) in [5, 5.41) is 5.79. The first-order valence-corrected chi connectivity index (χ1v) is 9.33. The molecule has 2 aromatic carbocycles. The van der Waals surface area contributed by atoms with Crippen LogP contribution in [0.2, 0.25) is 0 Å². The summed E-state index contributed by atoms with van der Waals surface area (Å²) < 4.78 is 39.8. The second-order valence-corrected chi connectivity index (χ2v) is 6.70. The van der Waals surface area contributed by atoms with Crippen molar-refractivity contribution in [2.75, 3.05) is 14.2 Å². The molecule has 0 fully saturated rings. The summed E-state index contributed by atoms with van der Waals surface area (Å²) in [5.74, 6) is 1.35. The normalized spacial score (nSPS) is 15.4. The van der Waals surface area contributed by atoms with Gasteiger partial charge in [0.15, 0.2) is 11.5 Å². The lowest BCUT2D eigenvalue weighted by Crippen LogP contribution is -2.38. The van der Waals surface area contributed by atoms with E-state index in [1.54, 1.807) is 38.5 Å². The molecule has 1 unspecified atom stereocenters. The molecule has 1 aliphatic rings. The predicted molar refractivity (Wildman–Crippen MR) is 104 cm³/mol. The van der Waals surface area contributed by atoms with Crippen molar-refractivity contribution in [2.45, 2.75) is 38.5 Å². The Morgan fingerprint density at radius 3 is 2.66 bits per heavy atom. The lowest BCUT2D eigenvalue weighted by molar-refractivity contribution is -0.0499. The first kappa shape index (κ1) is 20.7. The molecule has 0 saturated carbocycles. The average molecular weight is 406 g/mol. The van der Waals surface area contributed by atoms with Crippen LogP contribution in [0.3, 0.4) is 0 Å². The van der Waals surface area contributed by atoms with Gasteiger partial charge in [0.05, 0.1) is 20.3 Å². The van der Waals surface area contributed by atoms with Gasteiger partial charge in [0, 0.05) is 6.54 Å². The Morgan fingerprint density at radius 2 is 1.93 bits per heavy atom. The molecule has 0 aliphatic heterocycles. The van der Waals surface area contributed by atoms with Crippen LogP contribution in [0.5, 0.6) is 17.2 Å². The molecule has 0 radical (unpaired) electrons. The van der Waals surface area contributed by atoms with E-state index in [1.165, 1.54) is 6.07 Å². The number of ether oxygens (including phenoxy) is 3. The minimum atomic E-state index is -2.85. The molecular formula is C21H24F2N2O4. The van der Waals surface area contributed by atoms with E-state index in [9.17, 15) is 13.6 Å². The second kappa shape index (κ2) is 9.45. The zero-order valence-electron chi connectivity index (χ0n) is 16.3. The number of halogens is 2. The zero-order chi connectivity index (χ0) is 20.8. The second-order valence-electron chi connectivity index (χ2n) is 6.70. The van der Waals surface area contributed by atoms with E-state index in [4.69, 9.17) is 9.47 Å². The Labute approximate surface area is 168 Å². The van der Waals surface area contributed by atoms with Crippen molar-refractivity contribution in [3.8, 4) is 17.2 Å². The number of rotatable bonds is 7. The van der Waals surface area contributed by atoms with E-state index < -0.39 is 6.61 Å². The van der Waals surface area contributed by atoms with Crippen LogP contribution in [-0.2, 0) is 13.0 Å². The van der Waals surface area contributed by atoms with E-state index >= 15 is 0 Å². The summed E-state index contributed by atoms with van der Waals surface area (Å²) in [6, 6.07) is 9.83. The van der Waals surface area contributed by atoms with Crippen molar-refractivity contribution < 1.29 is 27.8 Å². The van der Waals surface area contributed by atoms with Crippen molar-refractivity contribution in [3.63, 3.8) is 0 Å². The third kappa shape index (κ3) is 5.28. The maximum atomic E-state index is 12.4. The minimum absolute atomic E-state index is 0.136. The van der Waals surface area contributed by atoms with Crippen LogP contribution >= 0.6 is 0 Å². The molecule has 1 atom stereocenters. The number of carbonyl (C=O) groups excluding carboxylic acids is 1. The first-order chi connectivity index (χ1) is 14.0. The average Bonchev–Trinajstić information content (AvgIpc) is 2.71. The summed E-state index contributed by atoms with van der Waals surface area (Å²) in [5.41, 5.74) is 2.72. The summed E-state index contributed by atoms with van der Waals surface area (Å²) in [4.78, 5) is 12.4. The number of carbonyl (C=O) groups is 1. The smallest absolute Gasteiger partial charge is 0.387 e. The summed E-state index contributed by atoms with van der Waals surface area (Å²) >= 11 is 0. The van der Waals surface area contributed by atoms with Crippen LogP contribution < -0.4 is 24.8 Å². The topological polar surface area (TPSA) is 68.8 Å². The monoisotopic (exact) mass is 406 g/mol. The molecule has 3 rings (SSSR count). The fourth-order valence-corrected chi connectivity index (χ4v) is 3.50. The Bertz CT molecular complexity index is 861. The number of alkyl halides is 2. The highest BCUT2D eigenvalue weighted by atomic mass is 19.3. The number of benzene rings is 2. The number of aryl methyl sites for hydroxylation is 1. The molecule has 29 heavy (non-hydrogen) atoms. The van der Waals surface area contributed by atoms with Gasteiger partial charge in [0.2, 0.25) is 0 Å². The Kier molecular flexibility index (Phi) is 6.74. The quantitative estimate of drug-likeness (QED) is 0.724. The van der Waals surface area contributed by atoms with Crippen molar-refractivity contribution >= 4 is 6.03 Å². The number of methoxy groups -OCH3 is 2. The maximum Gasteiger partial charge on any atom is 0.387 e. The van der Waals surface area contributed by atoms with Gasteiger partial charge in [-0.25, -0.2) is 4.79 Å². The largest absolute Gasteiger partial charge is 0.493 e. The predicted octanol–water partition coefficient (Wildman–Crippen LogP) is 4.18. The molecule has 8 heteroatoms. The van der Waals surface area contributed by atoms with E-state index in [1.807, 2.05) is 6.07 Å². The third-order valence-electron chi connectivity index (χ3n) is 4.86. The van der Waals surface area contributed by atoms with Crippen LogP contribution in [0.4, 0.5) is 13.6 Å². The standard InChI is InChI=1S/C21H24F2N2O4/c1-27-18-9-6-13(10-19(18)28-2)12-24-21(26)25-17-5-3-4-14-11-15(29-20(22)23)7-8-16(14)17/h6-11,17,20H,3-5,12H2,1-2H3,(H2,24,25,26). The SMILES string of the molecule is COc1ccc(CNC(=O)NC2CCCc3cc(OC(F)F)ccc32)cc1OC. The number of hydrogen-bond acceptors (Lipinski definition) is 4. The van der Waals surface area contributed by atoms with Gasteiger partial charge >= 0.3 is 12.6 Å². The number of fused-ring (bicyclic) bond motifs is 1. The van der Waals surface area contributed by atoms with E-state index in [-0.39, 0.29) is 17.8 Å². The van der Waals surface area contributed by atoms with Gasteiger partial charge in [0.1, 0.15) is 5.75 Å². The minimum Gasteiger partial charge on any atom is -0.493 e. The molecule has 0 bridgehead atoms. The molecule has 0 saturated heterocycles. The molecule has 2 aromatic rings. The molecule has 6 nitrogen and oxygen atoms in total. The summed E-state index contributed by atoms with van der Waals surface area (Å²) in [6.45, 7) is -2.53. The Balaban J connectivity index is 1.60. The molecule has 0 spiro atoms. The lowest BCUT2D eigenvalue weighted by atomic mass is 9.87. The molecule has 0 aromatic heterocycles. The highest BCUT2D eigenvalue weighted by Crippen LogP contribution is 2.32. The van der Waals surface area contributed by atoms with Gasteiger partial charge in [-0.1, -0.05) is 12.1 Å². The van der Waals surface area contributed by atoms with Crippen LogP contribution in [0.25, 0.3) is 0 Å². The van der Waals surface area contributed by atoms with Gasteiger partial charge in [-0.2, -0.15) is 8.78 Å². The van der Waals surface area contributed by atoms with Gasteiger partial charge < -0.3 is 24.8 Å². The zero-order valence-corrected chi connectivity index (χ0v) is 16.3. The van der Waals surface area contributed by atoms with E-state index in [2.05, 4.69) is 15.4 Å². The fourth-order valence-electron chi connectivity index (χ4n) is 3.50. The number of amides is 2. The van der Waals surface area contributed by atoms with E-state index in [0.717, 1.165) is 36.0 Å². The summed E-state index contributed by atoms with van der Waals surface area (Å²) in [7, 11) is 3.12. The Hall–Kier alpha value is -3.03. The summed E-state index contributed by atoms with van der Waals surface area (Å²) in [6.07, 6.45) is 2.40. The molecule has 1 aliphatic carbocycles. The molecule has 2 amide bonds. The van der Waals surface area contributed by atoms with Gasteiger partial charge in [-0.3, -0.25) is 0 Å². The highest BCUT2D eigenvalue weighted by molar-refractivity contribution is 5.74. The van der Waals surface area contributed by atoms with Crippen molar-refractivity contribution in [3.05, 3.63) is 53.1 Å². The maximum absolute atomic E-state index is 12.4. The molecular weight excluding hydrogens is 382 g/mol. The number of hydrogen-bond donors (Lipinski definition) is 2. The molecule has 156 valence electrons. The third-order valence-corrected chi connectivity index (χ3v) is 4.86. The van der Waals surface area contributed by atoms with Gasteiger partial charge in [0.25, 0.3) is 0 Å². The lowest BCUT2D eigenvalue weighted by Gasteiger charge is -2.27. The molecule has 2 N–H and O–H groups in total. The number of urea groups is 1. The van der Waals surface area contributed by atoms with Crippen molar-refractivity contribution in [1.29, 1.82) is 0 Å². The van der Waals surface area contributed by atoms with Crippen molar-refractivity contribution in [1.82, 2.24) is 10.6 Å². The van der Waals surface area contributed by atoms with Crippen molar-refractivity contribution in [2.24, 2.45) is 0 Å². The van der Waals surface area contributed by atoms with Crippen LogP contribution in [-0.4, -0.2) is 26.9 Å². The van der Waals surface area contributed by atoms with Gasteiger partial charge in [-0.15, -0.1) is 0 Å². The first-order valence-electron chi connectivity index (χ1n) is 9.33. The van der Waals surface area contributed by atoms with Gasteiger partial charge in [-0.05, 0) is 60.2 Å². The van der Waals surface area contributed by atoms with Crippen LogP contribution in [0, 0.1) is 0 Å². The van der Waals surface area contributed by atoms with Crippen LogP contribution in [0.1, 0.15) is 35.6 Å². The Morgan fingerprint density at radius 1 is 1.14 bits per heavy atom.